The molecule has 0 aliphatic carbocycles. The lowest BCUT2D eigenvalue weighted by atomic mass is 10.1. The quantitative estimate of drug-likeness (QED) is 0.760. The molecule has 4 nitrogen and oxygen atoms in total. The molecule has 0 saturated carbocycles. The minimum Gasteiger partial charge on any atom is -0.478 e. The van der Waals surface area contributed by atoms with E-state index in [4.69, 9.17) is 5.11 Å². The second-order valence-electron chi connectivity index (χ2n) is 2.62. The molecule has 0 unspecified atom stereocenters. The summed E-state index contributed by atoms with van der Waals surface area (Å²) in [5, 5.41) is 8.54. The maximum atomic E-state index is 13.0. The number of hydrogen-bond donors (Lipinski definition) is 1. The van der Waals surface area contributed by atoms with E-state index in [0.29, 0.717) is 12.1 Å². The molecule has 0 bridgehead atoms. The van der Waals surface area contributed by atoms with Crippen molar-refractivity contribution in [2.24, 2.45) is 0 Å². The molecule has 0 fully saturated rings. The standard InChI is InChI=1S/C9H6F2O4/c1-15-9(14)5-2-4(8(12)13)3-6(10)7(5)11/h2-3H,1H3,(H,12,13). The molecule has 0 saturated heterocycles. The van der Waals surface area contributed by atoms with E-state index in [-0.39, 0.29) is 0 Å². The van der Waals surface area contributed by atoms with Crippen molar-refractivity contribution in [2.45, 2.75) is 0 Å². The Morgan fingerprint density at radius 2 is 1.93 bits per heavy atom. The molecule has 0 aromatic heterocycles. The molecule has 0 aliphatic rings. The summed E-state index contributed by atoms with van der Waals surface area (Å²) >= 11 is 0. The number of esters is 1. The Morgan fingerprint density at radius 3 is 2.40 bits per heavy atom. The third-order valence-electron chi connectivity index (χ3n) is 1.68. The van der Waals surface area contributed by atoms with E-state index < -0.39 is 34.7 Å². The number of carbonyl (C=O) groups is 2. The summed E-state index contributed by atoms with van der Waals surface area (Å²) in [6, 6.07) is 1.21. The van der Waals surface area contributed by atoms with Gasteiger partial charge in [-0.3, -0.25) is 0 Å². The Bertz CT molecular complexity index is 428. The first-order chi connectivity index (χ1) is 6.97. The Hall–Kier alpha value is -1.98. The van der Waals surface area contributed by atoms with Crippen LogP contribution in [0.3, 0.4) is 0 Å². The minimum atomic E-state index is -1.46. The molecule has 0 spiro atoms. The van der Waals surface area contributed by atoms with Crippen LogP contribution in [0.1, 0.15) is 20.7 Å². The molecule has 1 aromatic carbocycles. The van der Waals surface area contributed by atoms with Gasteiger partial charge in [0.15, 0.2) is 11.6 Å². The molecule has 0 amide bonds. The van der Waals surface area contributed by atoms with Crippen molar-refractivity contribution >= 4 is 11.9 Å². The van der Waals surface area contributed by atoms with Crippen LogP contribution in [0.15, 0.2) is 12.1 Å². The highest BCUT2D eigenvalue weighted by molar-refractivity contribution is 5.94. The summed E-state index contributed by atoms with van der Waals surface area (Å²) in [7, 11) is 0.979. The molecule has 80 valence electrons. The fraction of sp³-hybridized carbons (Fsp3) is 0.111. The first-order valence-corrected chi connectivity index (χ1v) is 3.78. The van der Waals surface area contributed by atoms with Gasteiger partial charge in [0.2, 0.25) is 0 Å². The van der Waals surface area contributed by atoms with E-state index in [0.717, 1.165) is 7.11 Å². The topological polar surface area (TPSA) is 63.6 Å². The zero-order chi connectivity index (χ0) is 11.6. The minimum absolute atomic E-state index is 0.490. The van der Waals surface area contributed by atoms with Gasteiger partial charge in [-0.2, -0.15) is 0 Å². The van der Waals surface area contributed by atoms with Crippen molar-refractivity contribution < 1.29 is 28.2 Å². The Labute approximate surface area is 83.1 Å². The van der Waals surface area contributed by atoms with Crippen LogP contribution in [0.4, 0.5) is 8.78 Å². The third kappa shape index (κ3) is 2.09. The molecule has 0 aliphatic heterocycles. The van der Waals surface area contributed by atoms with Crippen LogP contribution in [-0.4, -0.2) is 24.2 Å². The molecule has 0 heterocycles. The van der Waals surface area contributed by atoms with E-state index in [9.17, 15) is 18.4 Å². The fourth-order valence-corrected chi connectivity index (χ4v) is 0.971. The average Bonchev–Trinajstić information content (AvgIpc) is 2.20. The highest BCUT2D eigenvalue weighted by Crippen LogP contribution is 2.16. The summed E-state index contributed by atoms with van der Waals surface area (Å²) < 4.78 is 30.0. The molecular weight excluding hydrogens is 210 g/mol. The van der Waals surface area contributed by atoms with Gasteiger partial charge in [-0.25, -0.2) is 18.4 Å². The van der Waals surface area contributed by atoms with E-state index in [1.54, 1.807) is 0 Å². The summed E-state index contributed by atoms with van der Waals surface area (Å²) in [4.78, 5) is 21.4. The van der Waals surface area contributed by atoms with Gasteiger partial charge in [-0.1, -0.05) is 0 Å². The van der Waals surface area contributed by atoms with Gasteiger partial charge in [0, 0.05) is 0 Å². The lowest BCUT2D eigenvalue weighted by molar-refractivity contribution is 0.0594. The molecular formula is C9H6F2O4. The third-order valence-corrected chi connectivity index (χ3v) is 1.68. The van der Waals surface area contributed by atoms with Crippen LogP contribution in [0.5, 0.6) is 0 Å². The molecule has 1 rings (SSSR count). The molecule has 15 heavy (non-hydrogen) atoms. The Kier molecular flexibility index (Phi) is 2.99. The summed E-state index contributed by atoms with van der Waals surface area (Å²) in [6.45, 7) is 0. The molecule has 6 heteroatoms. The van der Waals surface area contributed by atoms with Gasteiger partial charge < -0.3 is 9.84 Å². The van der Waals surface area contributed by atoms with E-state index >= 15 is 0 Å². The SMILES string of the molecule is COC(=O)c1cc(C(=O)O)cc(F)c1F. The average molecular weight is 216 g/mol. The van der Waals surface area contributed by atoms with Gasteiger partial charge in [0.1, 0.15) is 0 Å². The maximum absolute atomic E-state index is 13.0. The first kappa shape index (κ1) is 11.1. The van der Waals surface area contributed by atoms with Crippen LogP contribution < -0.4 is 0 Å². The monoisotopic (exact) mass is 216 g/mol. The van der Waals surface area contributed by atoms with E-state index in [1.165, 1.54) is 0 Å². The number of carbonyl (C=O) groups excluding carboxylic acids is 1. The second kappa shape index (κ2) is 4.04. The van der Waals surface area contributed by atoms with Crippen LogP contribution in [0, 0.1) is 11.6 Å². The number of rotatable bonds is 2. The first-order valence-electron chi connectivity index (χ1n) is 3.78. The number of benzene rings is 1. The Morgan fingerprint density at radius 1 is 1.33 bits per heavy atom. The second-order valence-corrected chi connectivity index (χ2v) is 2.62. The van der Waals surface area contributed by atoms with Crippen molar-refractivity contribution in [1.82, 2.24) is 0 Å². The van der Waals surface area contributed by atoms with E-state index in [1.807, 2.05) is 0 Å². The van der Waals surface area contributed by atoms with Gasteiger partial charge in [0.05, 0.1) is 18.2 Å². The van der Waals surface area contributed by atoms with Crippen LogP contribution in [-0.2, 0) is 4.74 Å². The number of carboxylic acid groups (broad SMARTS) is 1. The fourth-order valence-electron chi connectivity index (χ4n) is 0.971. The predicted molar refractivity (Wildman–Crippen MR) is 44.7 cm³/mol. The zero-order valence-electron chi connectivity index (χ0n) is 7.58. The van der Waals surface area contributed by atoms with Gasteiger partial charge in [0.25, 0.3) is 0 Å². The van der Waals surface area contributed by atoms with Crippen LogP contribution in [0.25, 0.3) is 0 Å². The van der Waals surface area contributed by atoms with Crippen molar-refractivity contribution in [3.63, 3.8) is 0 Å². The normalized spacial score (nSPS) is 9.80. The molecule has 1 aromatic rings. The number of aromatic carboxylic acids is 1. The number of hydrogen-bond acceptors (Lipinski definition) is 3. The Balaban J connectivity index is 3.37. The smallest absolute Gasteiger partial charge is 0.340 e. The van der Waals surface area contributed by atoms with Gasteiger partial charge in [-0.15, -0.1) is 0 Å². The molecule has 0 atom stereocenters. The van der Waals surface area contributed by atoms with Crippen LogP contribution in [0.2, 0.25) is 0 Å². The van der Waals surface area contributed by atoms with Crippen LogP contribution >= 0.6 is 0 Å². The molecule has 0 radical (unpaired) electrons. The molecule has 1 N–H and O–H groups in total. The van der Waals surface area contributed by atoms with Crippen molar-refractivity contribution in [1.29, 1.82) is 0 Å². The highest BCUT2D eigenvalue weighted by Gasteiger charge is 2.19. The number of carboxylic acids is 1. The van der Waals surface area contributed by atoms with Crippen molar-refractivity contribution in [3.05, 3.63) is 34.9 Å². The van der Waals surface area contributed by atoms with Gasteiger partial charge in [-0.05, 0) is 12.1 Å². The van der Waals surface area contributed by atoms with Gasteiger partial charge >= 0.3 is 11.9 Å². The predicted octanol–water partition coefficient (Wildman–Crippen LogP) is 1.45. The van der Waals surface area contributed by atoms with E-state index in [2.05, 4.69) is 4.74 Å². The van der Waals surface area contributed by atoms with Crippen molar-refractivity contribution in [3.8, 4) is 0 Å². The summed E-state index contributed by atoms with van der Waals surface area (Å²) in [5.74, 6) is -5.42. The van der Waals surface area contributed by atoms with Crippen molar-refractivity contribution in [2.75, 3.05) is 7.11 Å². The summed E-state index contributed by atoms with van der Waals surface area (Å²) in [5.41, 5.74) is -1.26. The number of methoxy groups -OCH3 is 1. The lowest BCUT2D eigenvalue weighted by Gasteiger charge is -2.03. The largest absolute Gasteiger partial charge is 0.478 e. The lowest BCUT2D eigenvalue weighted by Crippen LogP contribution is -2.09. The number of halogens is 2. The zero-order valence-corrected chi connectivity index (χ0v) is 7.58. The summed E-state index contributed by atoms with van der Waals surface area (Å²) in [6.07, 6.45) is 0. The maximum Gasteiger partial charge on any atom is 0.340 e. The number of ether oxygens (including phenoxy) is 1. The highest BCUT2D eigenvalue weighted by atomic mass is 19.2.